The summed E-state index contributed by atoms with van der Waals surface area (Å²) < 4.78 is 10.5. The molecule has 4 heterocycles. The number of aromatic nitrogens is 1. The largest absolute Gasteiger partial charge is 0.411 e. The van der Waals surface area contributed by atoms with E-state index in [1.807, 2.05) is 0 Å². The highest BCUT2D eigenvalue weighted by molar-refractivity contribution is 6.28. The first-order chi connectivity index (χ1) is 11.7. The smallest absolute Gasteiger partial charge is 0.400 e. The van der Waals surface area contributed by atoms with Crippen molar-refractivity contribution < 1.29 is 13.9 Å². The normalized spacial score (nSPS) is 25.5. The molecule has 1 amide bonds. The van der Waals surface area contributed by atoms with Crippen LogP contribution in [0.15, 0.2) is 34.9 Å². The lowest BCUT2D eigenvalue weighted by Gasteiger charge is -2.44. The first-order valence-electron chi connectivity index (χ1n) is 8.10. The van der Waals surface area contributed by atoms with E-state index in [4.69, 9.17) is 20.8 Å². The van der Waals surface area contributed by atoms with E-state index >= 15 is 0 Å². The fraction of sp³-hybridized carbons (Fsp3) is 0.412. The average Bonchev–Trinajstić information content (AvgIpc) is 3.01. The van der Waals surface area contributed by atoms with Gasteiger partial charge in [-0.05, 0) is 67.7 Å². The molecule has 5 rings (SSSR count). The maximum absolute atomic E-state index is 12.4. The number of nitrogens with one attached hydrogen (secondary N) is 1. The average molecular weight is 348 g/mol. The standard InChI is InChI=1S/C17H18ClN3O3/c18-15-9-19-17(24-15)23-13-3-1-12(2-4-13)16(22)20-14-10-21-7-5-11(14)6-8-21/h1-4,9,11,14H,5-8,10H2,(H,20,22). The van der Waals surface area contributed by atoms with Gasteiger partial charge in [-0.3, -0.25) is 4.79 Å². The zero-order valence-corrected chi connectivity index (χ0v) is 13.8. The van der Waals surface area contributed by atoms with Crippen LogP contribution in [0.3, 0.4) is 0 Å². The van der Waals surface area contributed by atoms with Gasteiger partial charge in [0.25, 0.3) is 5.91 Å². The number of piperidine rings is 3. The summed E-state index contributed by atoms with van der Waals surface area (Å²) in [6, 6.07) is 7.14. The second-order valence-electron chi connectivity index (χ2n) is 6.27. The molecule has 0 aliphatic carbocycles. The first kappa shape index (κ1) is 15.5. The van der Waals surface area contributed by atoms with E-state index in [0.29, 0.717) is 17.2 Å². The van der Waals surface area contributed by atoms with E-state index < -0.39 is 0 Å². The van der Waals surface area contributed by atoms with E-state index in [2.05, 4.69) is 15.2 Å². The Balaban J connectivity index is 1.38. The maximum atomic E-state index is 12.4. The van der Waals surface area contributed by atoms with Crippen molar-refractivity contribution in [2.75, 3.05) is 19.6 Å². The Hall–Kier alpha value is -2.05. The molecular formula is C17H18ClN3O3. The number of rotatable bonds is 4. The van der Waals surface area contributed by atoms with Crippen molar-refractivity contribution >= 4 is 17.5 Å². The van der Waals surface area contributed by atoms with Gasteiger partial charge in [0.2, 0.25) is 5.22 Å². The number of benzene rings is 1. The second-order valence-corrected chi connectivity index (χ2v) is 6.65. The molecule has 3 saturated heterocycles. The van der Waals surface area contributed by atoms with Crippen LogP contribution < -0.4 is 10.1 Å². The van der Waals surface area contributed by atoms with Gasteiger partial charge < -0.3 is 19.4 Å². The summed E-state index contributed by atoms with van der Waals surface area (Å²) in [5, 5.41) is 3.33. The van der Waals surface area contributed by atoms with Crippen molar-refractivity contribution in [2.24, 2.45) is 5.92 Å². The molecule has 1 atom stereocenters. The van der Waals surface area contributed by atoms with Gasteiger partial charge in [-0.2, -0.15) is 4.98 Å². The van der Waals surface area contributed by atoms with Crippen molar-refractivity contribution in [1.29, 1.82) is 0 Å². The van der Waals surface area contributed by atoms with Crippen molar-refractivity contribution in [3.8, 4) is 11.8 Å². The second kappa shape index (κ2) is 6.45. The predicted molar refractivity (Wildman–Crippen MR) is 88.4 cm³/mol. The molecular weight excluding hydrogens is 330 g/mol. The third-order valence-electron chi connectivity index (χ3n) is 4.75. The van der Waals surface area contributed by atoms with Crippen LogP contribution in [0.2, 0.25) is 5.22 Å². The number of amides is 1. The first-order valence-corrected chi connectivity index (χ1v) is 8.47. The molecule has 0 spiro atoms. The summed E-state index contributed by atoms with van der Waals surface area (Å²) in [7, 11) is 0. The van der Waals surface area contributed by atoms with Crippen LogP contribution in [0.5, 0.6) is 11.8 Å². The summed E-state index contributed by atoms with van der Waals surface area (Å²) >= 11 is 5.65. The molecule has 1 aromatic carbocycles. The van der Waals surface area contributed by atoms with Gasteiger partial charge in [0.15, 0.2) is 0 Å². The van der Waals surface area contributed by atoms with Crippen LogP contribution in [0, 0.1) is 5.92 Å². The van der Waals surface area contributed by atoms with Crippen LogP contribution in [0.25, 0.3) is 0 Å². The quantitative estimate of drug-likeness (QED) is 0.921. The molecule has 1 unspecified atom stereocenters. The minimum absolute atomic E-state index is 0.0422. The minimum Gasteiger partial charge on any atom is -0.411 e. The number of carbonyl (C=O) groups is 1. The number of fused-ring (bicyclic) bond motifs is 3. The topological polar surface area (TPSA) is 67.6 Å². The summed E-state index contributed by atoms with van der Waals surface area (Å²) in [6.07, 6.45) is 3.80. The van der Waals surface area contributed by atoms with E-state index in [1.165, 1.54) is 19.0 Å². The number of ether oxygens (including phenoxy) is 1. The van der Waals surface area contributed by atoms with Crippen LogP contribution >= 0.6 is 11.6 Å². The number of hydrogen-bond acceptors (Lipinski definition) is 5. The summed E-state index contributed by atoms with van der Waals surface area (Å²) in [5.74, 6) is 1.10. The van der Waals surface area contributed by atoms with Crippen molar-refractivity contribution in [3.63, 3.8) is 0 Å². The lowest BCUT2D eigenvalue weighted by Crippen LogP contribution is -2.57. The zero-order chi connectivity index (χ0) is 16.5. The van der Waals surface area contributed by atoms with E-state index in [9.17, 15) is 4.79 Å². The molecule has 0 radical (unpaired) electrons. The monoisotopic (exact) mass is 347 g/mol. The fourth-order valence-electron chi connectivity index (χ4n) is 3.44. The van der Waals surface area contributed by atoms with Gasteiger partial charge in [-0.15, -0.1) is 0 Å². The Morgan fingerprint density at radius 3 is 2.62 bits per heavy atom. The molecule has 3 aliphatic heterocycles. The maximum Gasteiger partial charge on any atom is 0.400 e. The van der Waals surface area contributed by atoms with Gasteiger partial charge in [-0.25, -0.2) is 0 Å². The van der Waals surface area contributed by atoms with Crippen molar-refractivity contribution in [1.82, 2.24) is 15.2 Å². The molecule has 3 fully saturated rings. The van der Waals surface area contributed by atoms with Gasteiger partial charge >= 0.3 is 6.08 Å². The molecule has 2 bridgehead atoms. The number of oxazole rings is 1. The Labute approximate surface area is 144 Å². The SMILES string of the molecule is O=C(NC1CN2CCC1CC2)c1ccc(Oc2ncc(Cl)o2)cc1. The van der Waals surface area contributed by atoms with E-state index in [-0.39, 0.29) is 23.2 Å². The molecule has 3 aliphatic rings. The molecule has 1 N–H and O–H groups in total. The van der Waals surface area contributed by atoms with Gasteiger partial charge in [0.1, 0.15) is 5.75 Å². The summed E-state index contributed by atoms with van der Waals surface area (Å²) in [4.78, 5) is 18.7. The predicted octanol–water partition coefficient (Wildman–Crippen LogP) is 2.94. The molecule has 2 aromatic rings. The summed E-state index contributed by atoms with van der Waals surface area (Å²) in [6.45, 7) is 3.28. The highest BCUT2D eigenvalue weighted by Gasteiger charge is 2.34. The number of carbonyl (C=O) groups excluding carboxylic acids is 1. The minimum atomic E-state index is -0.0422. The molecule has 1 aromatic heterocycles. The lowest BCUT2D eigenvalue weighted by molar-refractivity contribution is 0.0620. The van der Waals surface area contributed by atoms with Crippen LogP contribution in [0.1, 0.15) is 23.2 Å². The van der Waals surface area contributed by atoms with Gasteiger partial charge in [-0.1, -0.05) is 0 Å². The summed E-state index contributed by atoms with van der Waals surface area (Å²) in [5.41, 5.74) is 0.615. The number of hydrogen-bond donors (Lipinski definition) is 1. The Kier molecular flexibility index (Phi) is 4.16. The van der Waals surface area contributed by atoms with Crippen molar-refractivity contribution in [3.05, 3.63) is 41.2 Å². The number of nitrogens with zero attached hydrogens (tertiary/aromatic N) is 2. The van der Waals surface area contributed by atoms with E-state index in [0.717, 1.165) is 19.6 Å². The number of halogens is 1. The molecule has 7 heteroatoms. The van der Waals surface area contributed by atoms with Gasteiger partial charge in [0.05, 0.1) is 6.20 Å². The molecule has 24 heavy (non-hydrogen) atoms. The van der Waals surface area contributed by atoms with Crippen molar-refractivity contribution in [2.45, 2.75) is 18.9 Å². The third-order valence-corrected chi connectivity index (χ3v) is 4.93. The molecule has 6 nitrogen and oxygen atoms in total. The fourth-order valence-corrected chi connectivity index (χ4v) is 3.56. The Morgan fingerprint density at radius 1 is 1.29 bits per heavy atom. The van der Waals surface area contributed by atoms with E-state index in [1.54, 1.807) is 24.3 Å². The molecule has 0 saturated carbocycles. The Bertz CT molecular complexity index is 723. The zero-order valence-electron chi connectivity index (χ0n) is 13.1. The highest BCUT2D eigenvalue weighted by Crippen LogP contribution is 2.28. The molecule has 126 valence electrons. The Morgan fingerprint density at radius 2 is 2.04 bits per heavy atom. The lowest BCUT2D eigenvalue weighted by atomic mass is 9.84. The third kappa shape index (κ3) is 3.25. The van der Waals surface area contributed by atoms with Crippen LogP contribution in [-0.4, -0.2) is 41.5 Å². The van der Waals surface area contributed by atoms with Crippen LogP contribution in [-0.2, 0) is 0 Å². The highest BCUT2D eigenvalue weighted by atomic mass is 35.5. The van der Waals surface area contributed by atoms with Crippen LogP contribution in [0.4, 0.5) is 0 Å². The van der Waals surface area contributed by atoms with Gasteiger partial charge in [0, 0.05) is 18.2 Å².